The summed E-state index contributed by atoms with van der Waals surface area (Å²) in [4.78, 5) is 34.3. The van der Waals surface area contributed by atoms with Gasteiger partial charge in [-0.15, -0.1) is 11.8 Å². The third-order valence-electron chi connectivity index (χ3n) is 4.52. The number of methoxy groups -OCH3 is 1. The van der Waals surface area contributed by atoms with Crippen LogP contribution >= 0.6 is 11.8 Å². The molecule has 0 amide bonds. The van der Waals surface area contributed by atoms with Crippen LogP contribution in [-0.4, -0.2) is 32.5 Å². The highest BCUT2D eigenvalue weighted by Crippen LogP contribution is 2.19. The van der Waals surface area contributed by atoms with Crippen molar-refractivity contribution < 1.29 is 4.74 Å². The SMILES string of the molecule is COc1ccc(Cn2c(=O)c3[nH]cnc3n(-c3cccc(SC)c3)c2=O)cc1. The molecule has 0 bridgehead atoms. The second-order valence-electron chi connectivity index (χ2n) is 6.16. The van der Waals surface area contributed by atoms with Crippen LogP contribution in [0.3, 0.4) is 0 Å². The van der Waals surface area contributed by atoms with Crippen LogP contribution in [0.4, 0.5) is 0 Å². The van der Waals surface area contributed by atoms with E-state index < -0.39 is 11.2 Å². The van der Waals surface area contributed by atoms with E-state index in [0.717, 1.165) is 10.5 Å². The van der Waals surface area contributed by atoms with Gasteiger partial charge in [-0.2, -0.15) is 0 Å². The van der Waals surface area contributed by atoms with Crippen LogP contribution in [0.25, 0.3) is 16.9 Å². The molecule has 0 radical (unpaired) electrons. The molecule has 8 heteroatoms. The lowest BCUT2D eigenvalue weighted by Gasteiger charge is -2.12. The largest absolute Gasteiger partial charge is 0.497 e. The molecule has 0 aliphatic carbocycles. The van der Waals surface area contributed by atoms with Crippen molar-refractivity contribution in [2.45, 2.75) is 11.4 Å². The maximum absolute atomic E-state index is 13.3. The van der Waals surface area contributed by atoms with Gasteiger partial charge in [-0.1, -0.05) is 18.2 Å². The summed E-state index contributed by atoms with van der Waals surface area (Å²) in [6.07, 6.45) is 3.40. The molecule has 0 unspecified atom stereocenters. The van der Waals surface area contributed by atoms with Crippen LogP contribution in [-0.2, 0) is 6.54 Å². The zero-order valence-electron chi connectivity index (χ0n) is 15.4. The van der Waals surface area contributed by atoms with Crippen LogP contribution in [0.1, 0.15) is 5.56 Å². The fraction of sp³-hybridized carbons (Fsp3) is 0.150. The average Bonchev–Trinajstić information content (AvgIpc) is 3.21. The molecule has 0 spiro atoms. The van der Waals surface area contributed by atoms with Crippen molar-refractivity contribution in [2.24, 2.45) is 0 Å². The lowest BCUT2D eigenvalue weighted by Crippen LogP contribution is -2.39. The van der Waals surface area contributed by atoms with Crippen molar-refractivity contribution in [3.8, 4) is 11.4 Å². The smallest absolute Gasteiger partial charge is 0.337 e. The van der Waals surface area contributed by atoms with Gasteiger partial charge in [0, 0.05) is 4.90 Å². The van der Waals surface area contributed by atoms with Crippen LogP contribution < -0.4 is 16.0 Å². The van der Waals surface area contributed by atoms with E-state index in [1.807, 2.05) is 42.7 Å². The van der Waals surface area contributed by atoms with Gasteiger partial charge in [0.1, 0.15) is 11.3 Å². The summed E-state index contributed by atoms with van der Waals surface area (Å²) in [5.74, 6) is 0.714. The number of imidazole rings is 1. The van der Waals surface area contributed by atoms with Gasteiger partial charge in [0.05, 0.1) is 25.7 Å². The lowest BCUT2D eigenvalue weighted by atomic mass is 10.2. The summed E-state index contributed by atoms with van der Waals surface area (Å²) in [6.45, 7) is 0.152. The van der Waals surface area contributed by atoms with E-state index in [2.05, 4.69) is 9.97 Å². The highest BCUT2D eigenvalue weighted by atomic mass is 32.2. The molecule has 0 aliphatic heterocycles. The van der Waals surface area contributed by atoms with Crippen LogP contribution in [0, 0.1) is 0 Å². The molecular formula is C20H18N4O3S. The van der Waals surface area contributed by atoms with Crippen molar-refractivity contribution in [1.82, 2.24) is 19.1 Å². The molecule has 0 saturated heterocycles. The molecule has 4 rings (SSSR count). The number of rotatable bonds is 5. The number of fused-ring (bicyclic) bond motifs is 1. The normalized spacial score (nSPS) is 11.1. The third-order valence-corrected chi connectivity index (χ3v) is 5.25. The number of nitrogens with zero attached hydrogens (tertiary/aromatic N) is 3. The first-order chi connectivity index (χ1) is 13.6. The van der Waals surface area contributed by atoms with Gasteiger partial charge < -0.3 is 9.72 Å². The first-order valence-corrected chi connectivity index (χ1v) is 9.81. The van der Waals surface area contributed by atoms with E-state index in [0.29, 0.717) is 22.6 Å². The number of hydrogen-bond donors (Lipinski definition) is 1. The summed E-state index contributed by atoms with van der Waals surface area (Å²) < 4.78 is 7.85. The second kappa shape index (κ2) is 7.40. The molecule has 2 aromatic heterocycles. The number of aromatic nitrogens is 4. The highest BCUT2D eigenvalue weighted by Gasteiger charge is 2.17. The van der Waals surface area contributed by atoms with Crippen LogP contribution in [0.2, 0.25) is 0 Å². The van der Waals surface area contributed by atoms with Crippen molar-refractivity contribution >= 4 is 22.9 Å². The maximum atomic E-state index is 13.3. The number of nitrogens with one attached hydrogen (secondary N) is 1. The van der Waals surface area contributed by atoms with Gasteiger partial charge in [0.25, 0.3) is 5.56 Å². The molecule has 2 heterocycles. The van der Waals surface area contributed by atoms with Crippen LogP contribution in [0.15, 0.2) is 69.3 Å². The number of thioether (sulfide) groups is 1. The molecule has 142 valence electrons. The van der Waals surface area contributed by atoms with Gasteiger partial charge in [0.15, 0.2) is 5.65 Å². The van der Waals surface area contributed by atoms with E-state index >= 15 is 0 Å². The summed E-state index contributed by atoms with van der Waals surface area (Å²) in [5, 5.41) is 0. The molecule has 0 saturated carbocycles. The molecule has 2 aromatic carbocycles. The predicted molar refractivity (Wildman–Crippen MR) is 110 cm³/mol. The molecule has 1 N–H and O–H groups in total. The first-order valence-electron chi connectivity index (χ1n) is 8.58. The van der Waals surface area contributed by atoms with Gasteiger partial charge in [-0.25, -0.2) is 14.3 Å². The Hall–Kier alpha value is -3.26. The Kier molecular flexibility index (Phi) is 4.79. The fourth-order valence-corrected chi connectivity index (χ4v) is 3.54. The van der Waals surface area contributed by atoms with Gasteiger partial charge in [-0.05, 0) is 42.2 Å². The van der Waals surface area contributed by atoms with E-state index in [1.54, 1.807) is 31.0 Å². The Balaban J connectivity index is 1.92. The van der Waals surface area contributed by atoms with Crippen molar-refractivity contribution in [3.63, 3.8) is 0 Å². The Labute approximate surface area is 164 Å². The Morgan fingerprint density at radius 3 is 2.64 bits per heavy atom. The number of aromatic amines is 1. The Bertz CT molecular complexity index is 1260. The van der Waals surface area contributed by atoms with Crippen molar-refractivity contribution in [2.75, 3.05) is 13.4 Å². The van der Waals surface area contributed by atoms with Gasteiger partial charge in [0.2, 0.25) is 0 Å². The molecule has 7 nitrogen and oxygen atoms in total. The number of benzene rings is 2. The van der Waals surface area contributed by atoms with Gasteiger partial charge >= 0.3 is 5.69 Å². The number of ether oxygens (including phenoxy) is 1. The fourth-order valence-electron chi connectivity index (χ4n) is 3.08. The zero-order chi connectivity index (χ0) is 19.7. The molecule has 4 aromatic rings. The summed E-state index contributed by atoms with van der Waals surface area (Å²) >= 11 is 1.58. The second-order valence-corrected chi connectivity index (χ2v) is 7.04. The minimum Gasteiger partial charge on any atom is -0.497 e. The molecular weight excluding hydrogens is 376 g/mol. The van der Waals surface area contributed by atoms with E-state index in [1.165, 1.54) is 15.5 Å². The lowest BCUT2D eigenvalue weighted by molar-refractivity contribution is 0.414. The number of hydrogen-bond acceptors (Lipinski definition) is 5. The van der Waals surface area contributed by atoms with E-state index in [4.69, 9.17) is 4.74 Å². The summed E-state index contributed by atoms with van der Waals surface area (Å²) in [7, 11) is 1.59. The van der Waals surface area contributed by atoms with E-state index in [9.17, 15) is 9.59 Å². The average molecular weight is 394 g/mol. The van der Waals surface area contributed by atoms with Gasteiger partial charge in [-0.3, -0.25) is 9.36 Å². The first kappa shape index (κ1) is 18.1. The minimum absolute atomic E-state index is 0.152. The summed E-state index contributed by atoms with van der Waals surface area (Å²) in [5.41, 5.74) is 1.27. The maximum Gasteiger partial charge on any atom is 0.337 e. The minimum atomic E-state index is -0.432. The Morgan fingerprint density at radius 1 is 1.14 bits per heavy atom. The standard InChI is InChI=1S/C20H18N4O3S/c1-27-15-8-6-13(7-9-15)11-23-19(25)17-18(22-12-21-17)24(20(23)26)14-4-3-5-16(10-14)28-2/h3-10,12H,11H2,1-2H3,(H,21,22). The molecule has 0 atom stereocenters. The van der Waals surface area contributed by atoms with Crippen molar-refractivity contribution in [3.05, 3.63) is 81.3 Å². The van der Waals surface area contributed by atoms with E-state index in [-0.39, 0.29) is 6.54 Å². The van der Waals surface area contributed by atoms with Crippen molar-refractivity contribution in [1.29, 1.82) is 0 Å². The zero-order valence-corrected chi connectivity index (χ0v) is 16.2. The molecule has 0 aliphatic rings. The third kappa shape index (κ3) is 3.11. The predicted octanol–water partition coefficient (Wildman–Crippen LogP) is 2.65. The quantitative estimate of drug-likeness (QED) is 0.526. The monoisotopic (exact) mass is 394 g/mol. The highest BCUT2D eigenvalue weighted by molar-refractivity contribution is 7.98. The van der Waals surface area contributed by atoms with Crippen LogP contribution in [0.5, 0.6) is 5.75 Å². The Morgan fingerprint density at radius 2 is 1.93 bits per heavy atom. The summed E-state index contributed by atoms with van der Waals surface area (Å²) in [6, 6.07) is 14.9. The molecule has 28 heavy (non-hydrogen) atoms. The molecule has 0 fully saturated rings. The topological polar surface area (TPSA) is 81.9 Å². The number of H-pyrrole nitrogens is 1.